The average molecular weight is 415 g/mol. The molecule has 148 valence electrons. The van der Waals surface area contributed by atoms with Gasteiger partial charge in [0.25, 0.3) is 0 Å². The number of hydrogen-bond acceptors (Lipinski definition) is 4. The van der Waals surface area contributed by atoms with Crippen molar-refractivity contribution in [1.29, 1.82) is 0 Å². The first-order valence-electron chi connectivity index (χ1n) is 8.81. The van der Waals surface area contributed by atoms with E-state index in [4.69, 9.17) is 23.2 Å². The molecule has 2 rings (SSSR count). The third-order valence-corrected chi connectivity index (χ3v) is 5.11. The van der Waals surface area contributed by atoms with Crippen LogP contribution in [0.1, 0.15) is 13.8 Å². The van der Waals surface area contributed by atoms with E-state index in [1.165, 1.54) is 6.92 Å². The maximum absolute atomic E-state index is 12.5. The molecule has 7 nitrogen and oxygen atoms in total. The molecule has 1 aliphatic heterocycles. The van der Waals surface area contributed by atoms with Gasteiger partial charge in [-0.25, -0.2) is 0 Å². The number of anilines is 1. The second-order valence-electron chi connectivity index (χ2n) is 6.33. The molecule has 1 aromatic carbocycles. The minimum Gasteiger partial charge on any atom is -0.339 e. The number of nitrogens with zero attached hydrogens (tertiary/aromatic N) is 3. The topological polar surface area (TPSA) is 73.0 Å². The minimum atomic E-state index is -0.291. The Morgan fingerprint density at radius 2 is 1.59 bits per heavy atom. The van der Waals surface area contributed by atoms with Crippen LogP contribution >= 0.6 is 23.2 Å². The van der Waals surface area contributed by atoms with Crippen LogP contribution in [-0.4, -0.2) is 78.2 Å². The van der Waals surface area contributed by atoms with E-state index in [1.54, 1.807) is 32.9 Å². The van der Waals surface area contributed by atoms with Crippen LogP contribution in [-0.2, 0) is 14.4 Å². The molecule has 0 bridgehead atoms. The molecule has 27 heavy (non-hydrogen) atoms. The maximum atomic E-state index is 12.5. The van der Waals surface area contributed by atoms with E-state index in [9.17, 15) is 14.4 Å². The molecule has 1 saturated heterocycles. The smallest absolute Gasteiger partial charge is 0.238 e. The lowest BCUT2D eigenvalue weighted by Crippen LogP contribution is -2.52. The number of rotatable bonds is 6. The van der Waals surface area contributed by atoms with Crippen LogP contribution in [0.2, 0.25) is 10.0 Å². The predicted octanol–water partition coefficient (Wildman–Crippen LogP) is 1.94. The van der Waals surface area contributed by atoms with Crippen molar-refractivity contribution in [2.75, 3.05) is 51.1 Å². The number of hydrogen-bond donors (Lipinski definition) is 1. The van der Waals surface area contributed by atoms with Crippen molar-refractivity contribution in [3.8, 4) is 0 Å². The molecule has 0 saturated carbocycles. The van der Waals surface area contributed by atoms with Gasteiger partial charge in [0.2, 0.25) is 17.7 Å². The van der Waals surface area contributed by atoms with Crippen LogP contribution < -0.4 is 5.32 Å². The van der Waals surface area contributed by atoms with E-state index >= 15 is 0 Å². The number of piperazine rings is 1. The molecular formula is C18H24Cl2N4O3. The van der Waals surface area contributed by atoms with Crippen molar-refractivity contribution in [3.05, 3.63) is 28.2 Å². The van der Waals surface area contributed by atoms with Gasteiger partial charge in [-0.3, -0.25) is 19.3 Å². The third-order valence-electron chi connectivity index (χ3n) is 4.48. The standard InChI is InChI=1S/C18H24Cl2N4O3/c1-3-22(11-16(26)21-18-14(19)5-4-6-15(18)20)12-17(27)24-9-7-23(8-10-24)13(2)25/h4-6H,3,7-12H2,1-2H3,(H,21,26). The number of para-hydroxylation sites is 1. The first-order valence-corrected chi connectivity index (χ1v) is 9.57. The third kappa shape index (κ3) is 6.09. The molecule has 1 N–H and O–H groups in total. The molecule has 0 spiro atoms. The summed E-state index contributed by atoms with van der Waals surface area (Å²) in [5.41, 5.74) is 0.369. The van der Waals surface area contributed by atoms with Gasteiger partial charge in [-0.2, -0.15) is 0 Å². The van der Waals surface area contributed by atoms with Crippen molar-refractivity contribution < 1.29 is 14.4 Å². The highest BCUT2D eigenvalue weighted by Gasteiger charge is 2.24. The van der Waals surface area contributed by atoms with Crippen LogP contribution in [0.25, 0.3) is 0 Å². The van der Waals surface area contributed by atoms with E-state index in [-0.39, 0.29) is 30.8 Å². The van der Waals surface area contributed by atoms with Crippen molar-refractivity contribution in [2.45, 2.75) is 13.8 Å². The fourth-order valence-corrected chi connectivity index (χ4v) is 3.33. The van der Waals surface area contributed by atoms with Crippen LogP contribution in [0.3, 0.4) is 0 Å². The summed E-state index contributed by atoms with van der Waals surface area (Å²) in [5, 5.41) is 3.42. The lowest BCUT2D eigenvalue weighted by atomic mass is 10.3. The Bertz CT molecular complexity index is 686. The summed E-state index contributed by atoms with van der Waals surface area (Å²) in [4.78, 5) is 41.4. The maximum Gasteiger partial charge on any atom is 0.238 e. The van der Waals surface area contributed by atoms with Gasteiger partial charge in [0.15, 0.2) is 0 Å². The lowest BCUT2D eigenvalue weighted by molar-refractivity contribution is -0.139. The zero-order valence-corrected chi connectivity index (χ0v) is 17.0. The van der Waals surface area contributed by atoms with Crippen LogP contribution in [0.5, 0.6) is 0 Å². The Morgan fingerprint density at radius 1 is 1.04 bits per heavy atom. The number of nitrogens with one attached hydrogen (secondary N) is 1. The van der Waals surface area contributed by atoms with E-state index in [0.29, 0.717) is 48.5 Å². The Balaban J connectivity index is 1.87. The molecule has 0 atom stereocenters. The number of carbonyl (C=O) groups is 3. The molecular weight excluding hydrogens is 391 g/mol. The van der Waals surface area contributed by atoms with Crippen LogP contribution in [0.4, 0.5) is 5.69 Å². The second-order valence-corrected chi connectivity index (χ2v) is 7.15. The van der Waals surface area contributed by atoms with E-state index in [0.717, 1.165) is 0 Å². The molecule has 9 heteroatoms. The Labute approximate surface area is 169 Å². The van der Waals surface area contributed by atoms with E-state index in [1.807, 2.05) is 6.92 Å². The summed E-state index contributed by atoms with van der Waals surface area (Å²) in [6, 6.07) is 4.99. The Morgan fingerprint density at radius 3 is 2.11 bits per heavy atom. The average Bonchev–Trinajstić information content (AvgIpc) is 2.64. The quantitative estimate of drug-likeness (QED) is 0.771. The highest BCUT2D eigenvalue weighted by molar-refractivity contribution is 6.39. The van der Waals surface area contributed by atoms with Gasteiger partial charge in [-0.1, -0.05) is 36.2 Å². The number of carbonyl (C=O) groups excluding carboxylic acids is 3. The molecule has 3 amide bonds. The van der Waals surface area contributed by atoms with Gasteiger partial charge in [-0.15, -0.1) is 0 Å². The highest BCUT2D eigenvalue weighted by atomic mass is 35.5. The second kappa shape index (κ2) is 9.92. The molecule has 1 heterocycles. The van der Waals surface area contributed by atoms with E-state index in [2.05, 4.69) is 5.32 Å². The minimum absolute atomic E-state index is 0.0205. The van der Waals surface area contributed by atoms with Crippen molar-refractivity contribution in [3.63, 3.8) is 0 Å². The normalized spacial score (nSPS) is 14.4. The summed E-state index contributed by atoms with van der Waals surface area (Å²) < 4.78 is 0. The van der Waals surface area contributed by atoms with Gasteiger partial charge >= 0.3 is 0 Å². The fraction of sp³-hybridized carbons (Fsp3) is 0.500. The molecule has 0 radical (unpaired) electrons. The van der Waals surface area contributed by atoms with Gasteiger partial charge in [0.05, 0.1) is 28.8 Å². The van der Waals surface area contributed by atoms with Gasteiger partial charge in [-0.05, 0) is 18.7 Å². The first kappa shape index (κ1) is 21.5. The summed E-state index contributed by atoms with van der Waals surface area (Å²) in [5.74, 6) is -0.322. The number of amides is 3. The van der Waals surface area contributed by atoms with Gasteiger partial charge in [0.1, 0.15) is 0 Å². The largest absolute Gasteiger partial charge is 0.339 e. The fourth-order valence-electron chi connectivity index (χ4n) is 2.84. The van der Waals surface area contributed by atoms with Crippen molar-refractivity contribution >= 4 is 46.6 Å². The number of benzene rings is 1. The Kier molecular flexibility index (Phi) is 7.89. The van der Waals surface area contributed by atoms with Crippen LogP contribution in [0, 0.1) is 0 Å². The van der Waals surface area contributed by atoms with Gasteiger partial charge < -0.3 is 15.1 Å². The number of halogens is 2. The molecule has 1 aliphatic rings. The number of likely N-dealkylation sites (N-methyl/N-ethyl adjacent to an activating group) is 1. The molecule has 0 aliphatic carbocycles. The summed E-state index contributed by atoms with van der Waals surface area (Å²) in [6.45, 7) is 6.25. The molecule has 1 fully saturated rings. The molecule has 0 unspecified atom stereocenters. The Hall–Kier alpha value is -1.83. The summed E-state index contributed by atoms with van der Waals surface area (Å²) in [6.07, 6.45) is 0. The summed E-state index contributed by atoms with van der Waals surface area (Å²) in [7, 11) is 0. The van der Waals surface area contributed by atoms with Crippen LogP contribution in [0.15, 0.2) is 18.2 Å². The molecule has 1 aromatic rings. The summed E-state index contributed by atoms with van der Waals surface area (Å²) >= 11 is 12.1. The first-order chi connectivity index (χ1) is 12.8. The molecule has 0 aromatic heterocycles. The zero-order chi connectivity index (χ0) is 20.0. The van der Waals surface area contributed by atoms with Gasteiger partial charge in [0, 0.05) is 33.1 Å². The SMILES string of the molecule is CCN(CC(=O)Nc1c(Cl)cccc1Cl)CC(=O)N1CCN(C(C)=O)CC1. The highest BCUT2D eigenvalue weighted by Crippen LogP contribution is 2.29. The monoisotopic (exact) mass is 414 g/mol. The predicted molar refractivity (Wildman–Crippen MR) is 106 cm³/mol. The van der Waals surface area contributed by atoms with Crippen molar-refractivity contribution in [2.24, 2.45) is 0 Å². The van der Waals surface area contributed by atoms with Crippen molar-refractivity contribution in [1.82, 2.24) is 14.7 Å². The van der Waals surface area contributed by atoms with E-state index < -0.39 is 0 Å². The lowest BCUT2D eigenvalue weighted by Gasteiger charge is -2.35. The zero-order valence-electron chi connectivity index (χ0n) is 15.5.